The molecule has 0 saturated heterocycles. The summed E-state index contributed by atoms with van der Waals surface area (Å²) in [6.07, 6.45) is 0. The van der Waals surface area contributed by atoms with Gasteiger partial charge in [-0.2, -0.15) is 0 Å². The van der Waals surface area contributed by atoms with Crippen molar-refractivity contribution in [2.75, 3.05) is 13.2 Å². The normalized spacial score (nSPS) is 11.4. The van der Waals surface area contributed by atoms with Gasteiger partial charge in [0.25, 0.3) is 0 Å². The van der Waals surface area contributed by atoms with E-state index in [-0.39, 0.29) is 0 Å². The van der Waals surface area contributed by atoms with Crippen molar-refractivity contribution in [2.45, 2.75) is 27.7 Å². The van der Waals surface area contributed by atoms with Crippen LogP contribution in [-0.2, 0) is 15.8 Å². The molecule has 0 aliphatic carbocycles. The fraction of sp³-hybridized carbons (Fsp3) is 0.300. The summed E-state index contributed by atoms with van der Waals surface area (Å²) in [5, 5.41) is 0. The molecule has 2 aromatic carbocycles. The SMILES string of the molecule is CCOc1ccc([Te](OC(C)=O)(OC(C)=O)c2ccc(OCC)cc2)cc1. The van der Waals surface area contributed by atoms with Crippen molar-refractivity contribution in [1.82, 2.24) is 0 Å². The summed E-state index contributed by atoms with van der Waals surface area (Å²) in [4.78, 5) is 23.8. The second-order valence-corrected chi connectivity index (χ2v) is 12.0. The Morgan fingerprint density at radius 1 is 0.704 bits per heavy atom. The Balaban J connectivity index is 2.57. The van der Waals surface area contributed by atoms with Gasteiger partial charge in [-0.25, -0.2) is 0 Å². The maximum absolute atomic E-state index is 11.9. The molecule has 0 aromatic heterocycles. The molecule has 6 nitrogen and oxygen atoms in total. The van der Waals surface area contributed by atoms with Gasteiger partial charge < -0.3 is 0 Å². The number of rotatable bonds is 8. The van der Waals surface area contributed by atoms with Gasteiger partial charge in [0.1, 0.15) is 0 Å². The summed E-state index contributed by atoms with van der Waals surface area (Å²) in [5.74, 6) is 0.381. The zero-order chi connectivity index (χ0) is 19.9. The molecule has 0 radical (unpaired) electrons. The molecule has 146 valence electrons. The van der Waals surface area contributed by atoms with Crippen LogP contribution in [0.2, 0.25) is 0 Å². The van der Waals surface area contributed by atoms with E-state index in [1.165, 1.54) is 13.8 Å². The maximum atomic E-state index is 11.9. The predicted octanol–water partition coefficient (Wildman–Crippen LogP) is 2.17. The van der Waals surface area contributed by atoms with Gasteiger partial charge in [0.05, 0.1) is 0 Å². The molecule has 0 saturated carbocycles. The van der Waals surface area contributed by atoms with Crippen molar-refractivity contribution < 1.29 is 25.3 Å². The molecule has 0 fully saturated rings. The number of benzene rings is 2. The second kappa shape index (κ2) is 9.63. The number of hydrogen-bond donors (Lipinski definition) is 0. The Kier molecular flexibility index (Phi) is 7.52. The van der Waals surface area contributed by atoms with Gasteiger partial charge in [0.2, 0.25) is 0 Å². The molecular weight excluding hydrogens is 464 g/mol. The second-order valence-electron chi connectivity index (χ2n) is 5.46. The van der Waals surface area contributed by atoms with E-state index >= 15 is 0 Å². The van der Waals surface area contributed by atoms with Crippen LogP contribution in [-0.4, -0.2) is 44.2 Å². The first-order valence-electron chi connectivity index (χ1n) is 8.60. The van der Waals surface area contributed by atoms with Crippen LogP contribution in [0.25, 0.3) is 0 Å². The zero-order valence-corrected chi connectivity index (χ0v) is 18.2. The molecule has 0 atom stereocenters. The van der Waals surface area contributed by atoms with E-state index in [9.17, 15) is 9.59 Å². The molecule has 0 aliphatic heterocycles. The van der Waals surface area contributed by atoms with Gasteiger partial charge in [-0.15, -0.1) is 0 Å². The Labute approximate surface area is 164 Å². The fourth-order valence-electron chi connectivity index (χ4n) is 2.44. The average Bonchev–Trinajstić information content (AvgIpc) is 2.62. The zero-order valence-electron chi connectivity index (χ0n) is 15.9. The predicted molar refractivity (Wildman–Crippen MR) is 104 cm³/mol. The van der Waals surface area contributed by atoms with E-state index in [4.69, 9.17) is 15.7 Å². The molecule has 2 rings (SSSR count). The standard InChI is InChI=1S/C20H24O6Te/c1-5-23-17-7-11-19(12-8-17)27(25-15(3)21,26-16(4)22)20-13-9-18(10-14-20)24-6-2/h7-14H,5-6H2,1-4H3. The fourth-order valence-corrected chi connectivity index (χ4v) is 9.12. The van der Waals surface area contributed by atoms with Crippen molar-refractivity contribution in [3.05, 3.63) is 48.5 Å². The number of carbonyl (C=O) groups is 2. The Bertz CT molecular complexity index is 703. The van der Waals surface area contributed by atoms with Gasteiger partial charge in [0.15, 0.2) is 0 Å². The Morgan fingerprint density at radius 3 is 1.30 bits per heavy atom. The van der Waals surface area contributed by atoms with Crippen molar-refractivity contribution in [2.24, 2.45) is 0 Å². The molecule has 27 heavy (non-hydrogen) atoms. The first-order chi connectivity index (χ1) is 12.9. The first kappa shape index (κ1) is 21.1. The summed E-state index contributed by atoms with van der Waals surface area (Å²) in [7, 11) is 0. The van der Waals surface area contributed by atoms with Crippen molar-refractivity contribution in [1.29, 1.82) is 0 Å². The Hall–Kier alpha value is -2.23. The van der Waals surface area contributed by atoms with Gasteiger partial charge in [0, 0.05) is 0 Å². The van der Waals surface area contributed by atoms with Crippen LogP contribution in [0.15, 0.2) is 48.5 Å². The van der Waals surface area contributed by atoms with E-state index in [1.54, 1.807) is 48.5 Å². The van der Waals surface area contributed by atoms with Gasteiger partial charge in [-0.1, -0.05) is 0 Å². The quantitative estimate of drug-likeness (QED) is 0.531. The summed E-state index contributed by atoms with van der Waals surface area (Å²) in [6.45, 7) is 7.50. The van der Waals surface area contributed by atoms with Gasteiger partial charge in [-0.3, -0.25) is 0 Å². The summed E-state index contributed by atoms with van der Waals surface area (Å²) >= 11 is -4.27. The van der Waals surface area contributed by atoms with E-state index in [0.717, 1.165) is 0 Å². The monoisotopic (exact) mass is 490 g/mol. The van der Waals surface area contributed by atoms with Crippen molar-refractivity contribution in [3.63, 3.8) is 0 Å². The van der Waals surface area contributed by atoms with Crippen molar-refractivity contribution in [3.8, 4) is 11.5 Å². The minimum absolute atomic E-state index is 0.500. The van der Waals surface area contributed by atoms with Crippen LogP contribution >= 0.6 is 0 Å². The molecule has 2 aromatic rings. The molecule has 0 unspecified atom stereocenters. The van der Waals surface area contributed by atoms with Crippen LogP contribution in [0.1, 0.15) is 27.7 Å². The molecule has 7 heteroatoms. The molecule has 0 bridgehead atoms. The van der Waals surface area contributed by atoms with Crippen LogP contribution in [0.4, 0.5) is 0 Å². The first-order valence-corrected chi connectivity index (χ1v) is 12.8. The molecule has 0 heterocycles. The average molecular weight is 488 g/mol. The molecule has 0 N–H and O–H groups in total. The number of carbonyl (C=O) groups excluding carboxylic acids is 2. The van der Waals surface area contributed by atoms with Crippen molar-refractivity contribution >= 4 is 38.2 Å². The third-order valence-corrected chi connectivity index (χ3v) is 11.1. The summed E-state index contributed by atoms with van der Waals surface area (Å²) in [5.41, 5.74) is 0. The van der Waals surface area contributed by atoms with Crippen LogP contribution in [0.5, 0.6) is 11.5 Å². The van der Waals surface area contributed by atoms with Crippen LogP contribution in [0, 0.1) is 0 Å². The van der Waals surface area contributed by atoms with E-state index in [2.05, 4.69) is 0 Å². The third-order valence-electron chi connectivity index (χ3n) is 3.36. The molecule has 0 aliphatic rings. The summed E-state index contributed by atoms with van der Waals surface area (Å²) in [6, 6.07) is 14.3. The number of ether oxygens (including phenoxy) is 2. The molecular formula is C20H24O6Te. The van der Waals surface area contributed by atoms with Crippen LogP contribution < -0.4 is 16.7 Å². The molecule has 0 amide bonds. The minimum atomic E-state index is -4.27. The van der Waals surface area contributed by atoms with Gasteiger partial charge >= 0.3 is 164 Å². The number of hydrogen-bond acceptors (Lipinski definition) is 6. The van der Waals surface area contributed by atoms with Gasteiger partial charge in [-0.05, 0) is 0 Å². The third kappa shape index (κ3) is 5.38. The van der Waals surface area contributed by atoms with E-state index in [1.807, 2.05) is 13.8 Å². The summed E-state index contributed by atoms with van der Waals surface area (Å²) < 4.78 is 23.8. The van der Waals surface area contributed by atoms with Crippen LogP contribution in [0.3, 0.4) is 0 Å². The van der Waals surface area contributed by atoms with E-state index in [0.29, 0.717) is 31.9 Å². The van der Waals surface area contributed by atoms with E-state index < -0.39 is 30.9 Å². The topological polar surface area (TPSA) is 71.1 Å². The Morgan fingerprint density at radius 2 is 1.04 bits per heavy atom. The molecule has 0 spiro atoms.